The number of carbonyl (C=O) groups is 3. The van der Waals surface area contributed by atoms with Crippen molar-refractivity contribution < 1.29 is 67.5 Å². The summed E-state index contributed by atoms with van der Waals surface area (Å²) in [6.45, 7) is 2.43. The minimum Gasteiger partial charge on any atom is -0.480 e. The molecule has 0 amide bonds. The van der Waals surface area contributed by atoms with Crippen LogP contribution in [0.2, 0.25) is 0 Å². The Morgan fingerprint density at radius 3 is 1.92 bits per heavy atom. The second-order valence-electron chi connectivity index (χ2n) is 16.1. The number of phosphoric acid groups is 1. The minimum absolute atomic E-state index is 0.0305. The Kier molecular flexibility index (Phi) is 32.8. The second-order valence-corrected chi connectivity index (χ2v) is 17.5. The van der Waals surface area contributed by atoms with Gasteiger partial charge in [-0.2, -0.15) is 0 Å². The molecule has 15 nitrogen and oxygen atoms in total. The molecule has 0 saturated carbocycles. The molecule has 60 heavy (non-hydrogen) atoms. The van der Waals surface area contributed by atoms with Crippen LogP contribution < -0.4 is 5.73 Å². The molecule has 1 fully saturated rings. The van der Waals surface area contributed by atoms with Gasteiger partial charge in [0.15, 0.2) is 12.4 Å². The van der Waals surface area contributed by atoms with Crippen LogP contribution in [0.3, 0.4) is 0 Å². The molecule has 7 N–H and O–H groups in total. The Morgan fingerprint density at radius 2 is 1.32 bits per heavy atom. The molecule has 0 aromatic carbocycles. The molecule has 0 bridgehead atoms. The Balaban J connectivity index is 2.52. The van der Waals surface area contributed by atoms with Crippen molar-refractivity contribution in [3.63, 3.8) is 0 Å². The van der Waals surface area contributed by atoms with Gasteiger partial charge in [-0.25, -0.2) is 4.57 Å². The minimum atomic E-state index is -4.79. The third-order valence-corrected chi connectivity index (χ3v) is 11.4. The van der Waals surface area contributed by atoms with E-state index >= 15 is 0 Å². The Hall–Kier alpha value is -2.20. The predicted octanol–water partition coefficient (Wildman–Crippen LogP) is 7.95. The number of rotatable bonds is 38. The van der Waals surface area contributed by atoms with E-state index in [4.69, 9.17) is 29.6 Å². The molecule has 16 heteroatoms. The predicted molar refractivity (Wildman–Crippen MR) is 230 cm³/mol. The average molecular weight is 878 g/mol. The number of hydrogen-bond donors (Lipinski definition) is 6. The first-order valence-electron chi connectivity index (χ1n) is 22.8. The van der Waals surface area contributed by atoms with Gasteiger partial charge < -0.3 is 45.3 Å². The average Bonchev–Trinajstić information content (AvgIpc) is 3.20. The van der Waals surface area contributed by atoms with Gasteiger partial charge in [-0.3, -0.25) is 23.4 Å². The van der Waals surface area contributed by atoms with Crippen LogP contribution >= 0.6 is 7.82 Å². The summed E-state index contributed by atoms with van der Waals surface area (Å²) < 4.78 is 38.4. The molecule has 350 valence electrons. The van der Waals surface area contributed by atoms with Crippen molar-refractivity contribution in [2.24, 2.45) is 11.7 Å². The van der Waals surface area contributed by atoms with Crippen LogP contribution in [0.25, 0.3) is 0 Å². The van der Waals surface area contributed by atoms with E-state index in [1.807, 2.05) is 12.2 Å². The van der Waals surface area contributed by atoms with E-state index in [1.54, 1.807) is 12.2 Å². The van der Waals surface area contributed by atoms with Gasteiger partial charge in [0.1, 0.15) is 12.6 Å². The van der Waals surface area contributed by atoms with Crippen molar-refractivity contribution in [2.45, 2.75) is 211 Å². The van der Waals surface area contributed by atoms with Crippen molar-refractivity contribution in [1.29, 1.82) is 0 Å². The van der Waals surface area contributed by atoms with Crippen LogP contribution in [0.15, 0.2) is 24.3 Å². The van der Waals surface area contributed by atoms with Crippen LogP contribution in [0.1, 0.15) is 174 Å². The summed E-state index contributed by atoms with van der Waals surface area (Å²) in [4.78, 5) is 46.2. The highest BCUT2D eigenvalue weighted by Gasteiger charge is 2.35. The topological polar surface area (TPSA) is 242 Å². The normalized spacial score (nSPS) is 20.9. The molecular formula is C44H80NO14P. The van der Waals surface area contributed by atoms with Crippen LogP contribution in [0.5, 0.6) is 0 Å². The largest absolute Gasteiger partial charge is 0.480 e. The van der Waals surface area contributed by atoms with Gasteiger partial charge in [-0.1, -0.05) is 147 Å². The molecule has 0 radical (unpaired) electrons. The number of hydrogen-bond acceptors (Lipinski definition) is 13. The Morgan fingerprint density at radius 1 is 0.767 bits per heavy atom. The van der Waals surface area contributed by atoms with E-state index in [2.05, 4.69) is 18.4 Å². The number of aliphatic hydroxyl groups excluding tert-OH is 3. The van der Waals surface area contributed by atoms with Crippen molar-refractivity contribution in [3.05, 3.63) is 24.3 Å². The fraction of sp³-hybridized carbons (Fsp3) is 0.841. The first-order valence-corrected chi connectivity index (χ1v) is 24.3. The van der Waals surface area contributed by atoms with Crippen molar-refractivity contribution in [1.82, 2.24) is 0 Å². The lowest BCUT2D eigenvalue weighted by Gasteiger charge is -2.36. The fourth-order valence-electron chi connectivity index (χ4n) is 6.81. The molecule has 1 aliphatic rings. The summed E-state index contributed by atoms with van der Waals surface area (Å²) in [5.41, 5.74) is 5.33. The van der Waals surface area contributed by atoms with E-state index in [9.17, 15) is 39.2 Å². The number of phosphoric ester groups is 1. The third kappa shape index (κ3) is 29.9. The quantitative estimate of drug-likeness (QED) is 0.0149. The maximum absolute atomic E-state index is 12.8. The number of aliphatic hydroxyl groups is 3. The standard InChI is InChI=1S/C44H80NO14P/c1-3-5-7-8-9-10-11-12-13-14-15-16-17-18-23-27-41(48)55-32-36(33-56-60(53,54)57-34-38(45)44(51)52)58-42(49)28-24-20-19-22-26-37-39(47)31-43(50)59-40(37)30-29-35(46)25-21-6-4-2/h19,22,29-30,35-40,43,46-47,50H,3-18,20-21,23-28,31-34,45H2,1-2H3,(H,51,52)(H,53,54)/b22-19-,30-29+/t35-,36+,37-,38-,39-,40+,43?/m0/s1. The van der Waals surface area contributed by atoms with Gasteiger partial charge in [0.25, 0.3) is 0 Å². The van der Waals surface area contributed by atoms with Gasteiger partial charge in [-0.05, 0) is 32.1 Å². The summed E-state index contributed by atoms with van der Waals surface area (Å²) in [6.07, 6.45) is 25.7. The Labute approximate surface area is 359 Å². The van der Waals surface area contributed by atoms with Gasteiger partial charge >= 0.3 is 25.7 Å². The van der Waals surface area contributed by atoms with Crippen LogP contribution in [-0.2, 0) is 42.2 Å². The molecule has 0 aliphatic carbocycles. The van der Waals surface area contributed by atoms with Crippen molar-refractivity contribution in [2.75, 3.05) is 19.8 Å². The first-order chi connectivity index (χ1) is 28.8. The summed E-state index contributed by atoms with van der Waals surface area (Å²) in [6, 6.07) is -1.57. The van der Waals surface area contributed by atoms with E-state index in [1.165, 1.54) is 70.6 Å². The highest BCUT2D eigenvalue weighted by atomic mass is 31.2. The number of aliphatic carboxylic acids is 1. The number of carboxylic acid groups (broad SMARTS) is 1. The van der Waals surface area contributed by atoms with Gasteiger partial charge in [0.2, 0.25) is 0 Å². The summed E-state index contributed by atoms with van der Waals surface area (Å²) >= 11 is 0. The molecule has 1 rings (SSSR count). The van der Waals surface area contributed by atoms with Crippen LogP contribution in [0, 0.1) is 5.92 Å². The van der Waals surface area contributed by atoms with E-state index in [0.29, 0.717) is 32.1 Å². The zero-order valence-electron chi connectivity index (χ0n) is 36.6. The van der Waals surface area contributed by atoms with E-state index in [0.717, 1.165) is 38.5 Å². The number of carbonyl (C=O) groups excluding carboxylic acids is 2. The molecule has 0 spiro atoms. The molecule has 1 aliphatic heterocycles. The number of nitrogens with two attached hydrogens (primary N) is 1. The smallest absolute Gasteiger partial charge is 0.472 e. The summed E-state index contributed by atoms with van der Waals surface area (Å²) in [5, 5.41) is 39.9. The highest BCUT2D eigenvalue weighted by molar-refractivity contribution is 7.47. The lowest BCUT2D eigenvalue weighted by Crippen LogP contribution is -2.43. The van der Waals surface area contributed by atoms with Gasteiger partial charge in [0.05, 0.1) is 31.5 Å². The first kappa shape index (κ1) is 55.8. The maximum Gasteiger partial charge on any atom is 0.472 e. The van der Waals surface area contributed by atoms with Gasteiger partial charge in [0, 0.05) is 25.2 Å². The molecule has 0 aromatic rings. The zero-order valence-corrected chi connectivity index (χ0v) is 37.5. The van der Waals surface area contributed by atoms with Crippen LogP contribution in [0.4, 0.5) is 0 Å². The molecule has 1 heterocycles. The lowest BCUT2D eigenvalue weighted by atomic mass is 9.87. The molecule has 8 atom stereocenters. The third-order valence-electron chi connectivity index (χ3n) is 10.5. The molecular weight excluding hydrogens is 797 g/mol. The molecule has 1 saturated heterocycles. The molecule has 0 aromatic heterocycles. The summed E-state index contributed by atoms with van der Waals surface area (Å²) in [7, 11) is -4.79. The summed E-state index contributed by atoms with van der Waals surface area (Å²) in [5.74, 6) is -2.95. The monoisotopic (exact) mass is 878 g/mol. The molecule has 2 unspecified atom stereocenters. The zero-order chi connectivity index (χ0) is 44.4. The SMILES string of the molecule is CCCCCCCCCCCCCCCCCC(=O)OC[C@H](COP(=O)(O)OC[C@H](N)C(=O)O)OC(=O)CCC/C=C\C[C@H]1[C@@H](O)CC(O)O[C@@H]1/C=C/[C@@H](O)CCCCC. The fourth-order valence-corrected chi connectivity index (χ4v) is 7.59. The number of carboxylic acids is 1. The number of ether oxygens (including phenoxy) is 3. The lowest BCUT2D eigenvalue weighted by molar-refractivity contribution is -0.199. The van der Waals surface area contributed by atoms with Gasteiger partial charge in [-0.15, -0.1) is 0 Å². The second kappa shape index (κ2) is 35.3. The number of allylic oxidation sites excluding steroid dienone is 2. The highest BCUT2D eigenvalue weighted by Crippen LogP contribution is 2.43. The van der Waals surface area contributed by atoms with Crippen molar-refractivity contribution in [3.8, 4) is 0 Å². The van der Waals surface area contributed by atoms with E-state index < -0.39 is 82.3 Å². The Bertz CT molecular complexity index is 1240. The van der Waals surface area contributed by atoms with Crippen LogP contribution in [-0.4, -0.2) is 99.8 Å². The van der Waals surface area contributed by atoms with Crippen molar-refractivity contribution >= 4 is 25.7 Å². The number of esters is 2. The maximum atomic E-state index is 12.8. The number of unbranched alkanes of at least 4 members (excludes halogenated alkanes) is 17. The van der Waals surface area contributed by atoms with E-state index in [-0.39, 0.29) is 25.2 Å².